The smallest absolute Gasteiger partial charge is 0.417 e. The molecule has 35 heavy (non-hydrogen) atoms. The zero-order chi connectivity index (χ0) is 24.6. The summed E-state index contributed by atoms with van der Waals surface area (Å²) in [7, 11) is 0. The number of ether oxygens (including phenoxy) is 1. The normalized spacial score (nSPS) is 16.1. The van der Waals surface area contributed by atoms with Crippen LogP contribution >= 0.6 is 0 Å². The molecule has 1 aromatic carbocycles. The molecule has 0 N–H and O–H groups in total. The Kier molecular flexibility index (Phi) is 5.88. The number of rotatable bonds is 5. The summed E-state index contributed by atoms with van der Waals surface area (Å²) in [6.45, 7) is 0.593. The Morgan fingerprint density at radius 1 is 1.09 bits per heavy atom. The second-order valence-corrected chi connectivity index (χ2v) is 8.25. The molecule has 0 unspecified atom stereocenters. The van der Waals surface area contributed by atoms with Gasteiger partial charge in [-0.25, -0.2) is 13.9 Å². The first-order valence-corrected chi connectivity index (χ1v) is 11.0. The lowest BCUT2D eigenvalue weighted by atomic mass is 10.0. The third kappa shape index (κ3) is 4.55. The fourth-order valence-corrected chi connectivity index (χ4v) is 4.25. The Hall–Kier alpha value is -3.95. The monoisotopic (exact) mass is 484 g/mol. The van der Waals surface area contributed by atoms with Gasteiger partial charge in [0.15, 0.2) is 0 Å². The van der Waals surface area contributed by atoms with Crippen LogP contribution in [0.25, 0.3) is 16.8 Å². The van der Waals surface area contributed by atoms with E-state index in [0.29, 0.717) is 35.3 Å². The van der Waals surface area contributed by atoms with E-state index in [4.69, 9.17) is 4.74 Å². The Labute approximate surface area is 197 Å². The van der Waals surface area contributed by atoms with Gasteiger partial charge in [-0.05, 0) is 55.3 Å². The van der Waals surface area contributed by atoms with Crippen molar-refractivity contribution < 1.29 is 27.1 Å². The lowest BCUT2D eigenvalue weighted by molar-refractivity contribution is -0.137. The first-order chi connectivity index (χ1) is 16.8. The molecule has 1 aliphatic rings. The largest absolute Gasteiger partial charge is 0.475 e. The molecule has 0 saturated carbocycles. The van der Waals surface area contributed by atoms with Crippen molar-refractivity contribution in [3.63, 3.8) is 0 Å². The number of alkyl halides is 3. The fraction of sp³-hybridized carbons (Fsp3) is 0.240. The van der Waals surface area contributed by atoms with Crippen LogP contribution in [-0.4, -0.2) is 44.6 Å². The predicted molar refractivity (Wildman–Crippen MR) is 119 cm³/mol. The first kappa shape index (κ1) is 22.8. The fourth-order valence-electron chi connectivity index (χ4n) is 4.25. The summed E-state index contributed by atoms with van der Waals surface area (Å²) in [6, 6.07) is 13.0. The molecule has 5 rings (SSSR count). The maximum Gasteiger partial charge on any atom is 0.417 e. The molecule has 3 aromatic heterocycles. The van der Waals surface area contributed by atoms with Crippen molar-refractivity contribution >= 4 is 11.4 Å². The molecule has 1 atom stereocenters. The molecule has 0 bridgehead atoms. The van der Waals surface area contributed by atoms with Crippen molar-refractivity contribution in [2.75, 3.05) is 13.2 Å². The number of halogens is 4. The lowest BCUT2D eigenvalue weighted by Crippen LogP contribution is -2.39. The highest BCUT2D eigenvalue weighted by molar-refractivity contribution is 6.06. The van der Waals surface area contributed by atoms with Crippen LogP contribution in [-0.2, 0) is 6.18 Å². The van der Waals surface area contributed by atoms with Gasteiger partial charge in [-0.1, -0.05) is 6.07 Å². The Morgan fingerprint density at radius 3 is 2.60 bits per heavy atom. The van der Waals surface area contributed by atoms with Crippen LogP contribution in [0.2, 0.25) is 0 Å². The topological polar surface area (TPSA) is 59.7 Å². The van der Waals surface area contributed by atoms with Crippen LogP contribution in [0, 0.1) is 5.82 Å². The van der Waals surface area contributed by atoms with Gasteiger partial charge in [-0.2, -0.15) is 18.3 Å². The number of fused-ring (bicyclic) bond motifs is 1. The summed E-state index contributed by atoms with van der Waals surface area (Å²) in [5, 5.41) is 4.57. The maximum absolute atomic E-state index is 13.8. The minimum absolute atomic E-state index is 0.0558. The summed E-state index contributed by atoms with van der Waals surface area (Å²) in [4.78, 5) is 19.2. The van der Waals surface area contributed by atoms with E-state index in [0.717, 1.165) is 18.7 Å². The molecule has 1 saturated heterocycles. The van der Waals surface area contributed by atoms with Crippen molar-refractivity contribution in [2.45, 2.75) is 25.1 Å². The molecule has 1 fully saturated rings. The van der Waals surface area contributed by atoms with Gasteiger partial charge in [-0.3, -0.25) is 4.79 Å². The molecular weight excluding hydrogens is 464 g/mol. The van der Waals surface area contributed by atoms with Crippen molar-refractivity contribution in [1.82, 2.24) is 19.5 Å². The van der Waals surface area contributed by atoms with Crippen molar-refractivity contribution in [3.05, 3.63) is 83.9 Å². The summed E-state index contributed by atoms with van der Waals surface area (Å²) < 4.78 is 59.0. The number of carbonyl (C=O) groups is 1. The van der Waals surface area contributed by atoms with E-state index in [1.54, 1.807) is 39.9 Å². The molecule has 0 aliphatic carbocycles. The number of hydrogen-bond donors (Lipinski definition) is 0. The zero-order valence-electron chi connectivity index (χ0n) is 18.4. The molecule has 180 valence electrons. The van der Waals surface area contributed by atoms with Crippen LogP contribution in [0.4, 0.5) is 17.6 Å². The predicted octanol–water partition coefficient (Wildman–Crippen LogP) is 5.24. The van der Waals surface area contributed by atoms with E-state index in [9.17, 15) is 22.4 Å². The van der Waals surface area contributed by atoms with E-state index in [2.05, 4.69) is 10.1 Å². The third-order valence-corrected chi connectivity index (χ3v) is 6.00. The molecular formula is C25H20F4N4O2. The van der Waals surface area contributed by atoms with Gasteiger partial charge in [0.05, 0.1) is 22.7 Å². The Balaban J connectivity index is 1.40. The summed E-state index contributed by atoms with van der Waals surface area (Å²) in [5.41, 5.74) is 1.21. The second kappa shape index (κ2) is 9.01. The van der Waals surface area contributed by atoms with Gasteiger partial charge in [0.25, 0.3) is 5.91 Å². The number of likely N-dealkylation sites (tertiary alicyclic amines) is 1. The summed E-state index contributed by atoms with van der Waals surface area (Å²) in [5.74, 6) is -0.573. The minimum atomic E-state index is -4.48. The van der Waals surface area contributed by atoms with E-state index in [-0.39, 0.29) is 30.3 Å². The second-order valence-electron chi connectivity index (χ2n) is 8.25. The average Bonchev–Trinajstić information content (AvgIpc) is 3.47. The number of benzene rings is 1. The number of amides is 1. The molecule has 0 spiro atoms. The number of carbonyl (C=O) groups excluding carboxylic acids is 1. The highest BCUT2D eigenvalue weighted by Crippen LogP contribution is 2.31. The number of nitrogens with zero attached hydrogens (tertiary/aromatic N) is 4. The number of hydrogen-bond acceptors (Lipinski definition) is 4. The van der Waals surface area contributed by atoms with Gasteiger partial charge in [0, 0.05) is 30.6 Å². The van der Waals surface area contributed by atoms with E-state index >= 15 is 0 Å². The van der Waals surface area contributed by atoms with Gasteiger partial charge in [-0.15, -0.1) is 0 Å². The van der Waals surface area contributed by atoms with Crippen LogP contribution in [0.1, 0.15) is 28.8 Å². The van der Waals surface area contributed by atoms with Crippen molar-refractivity contribution in [1.29, 1.82) is 0 Å². The van der Waals surface area contributed by atoms with E-state index < -0.39 is 11.7 Å². The number of pyridine rings is 2. The van der Waals surface area contributed by atoms with Crippen LogP contribution in [0.15, 0.2) is 67.0 Å². The average molecular weight is 484 g/mol. The maximum atomic E-state index is 13.8. The minimum Gasteiger partial charge on any atom is -0.475 e. The van der Waals surface area contributed by atoms with Crippen molar-refractivity contribution in [3.8, 4) is 17.1 Å². The lowest BCUT2D eigenvalue weighted by Gasteiger charge is -2.25. The highest BCUT2D eigenvalue weighted by atomic mass is 19.4. The Bertz CT molecular complexity index is 1350. The van der Waals surface area contributed by atoms with Gasteiger partial charge in [0.2, 0.25) is 5.88 Å². The van der Waals surface area contributed by atoms with Crippen LogP contribution < -0.4 is 4.74 Å². The van der Waals surface area contributed by atoms with Crippen molar-refractivity contribution in [2.24, 2.45) is 0 Å². The van der Waals surface area contributed by atoms with Gasteiger partial charge in [0.1, 0.15) is 18.1 Å². The molecule has 6 nitrogen and oxygen atoms in total. The quantitative estimate of drug-likeness (QED) is 0.364. The molecule has 4 aromatic rings. The zero-order valence-corrected chi connectivity index (χ0v) is 18.4. The van der Waals surface area contributed by atoms with Gasteiger partial charge >= 0.3 is 6.18 Å². The van der Waals surface area contributed by atoms with Crippen LogP contribution in [0.3, 0.4) is 0 Å². The van der Waals surface area contributed by atoms with Gasteiger partial charge < -0.3 is 9.64 Å². The molecule has 10 heteroatoms. The van der Waals surface area contributed by atoms with E-state index in [1.807, 2.05) is 6.07 Å². The SMILES string of the molecule is O=C(c1c(-c2ccc(F)cc2)nn2ccccc12)N1CCC[C@H]1COc1ccc(C(F)(F)F)cn1. The third-order valence-electron chi connectivity index (χ3n) is 6.00. The molecule has 1 aliphatic heterocycles. The molecule has 0 radical (unpaired) electrons. The molecule has 1 amide bonds. The van der Waals surface area contributed by atoms with Crippen LogP contribution in [0.5, 0.6) is 5.88 Å². The number of aromatic nitrogens is 3. The molecule has 4 heterocycles. The Morgan fingerprint density at radius 2 is 1.89 bits per heavy atom. The first-order valence-electron chi connectivity index (χ1n) is 11.0. The summed E-state index contributed by atoms with van der Waals surface area (Å²) >= 11 is 0. The van der Waals surface area contributed by atoms with E-state index in [1.165, 1.54) is 18.2 Å². The highest BCUT2D eigenvalue weighted by Gasteiger charge is 2.34. The summed E-state index contributed by atoms with van der Waals surface area (Å²) in [6.07, 6.45) is -0.583. The standard InChI is InChI=1S/C25H20F4N4O2/c26-18-9-6-16(7-10-18)23-22(20-5-1-2-13-33(20)31-23)24(34)32-12-3-4-19(32)15-35-21-11-8-17(14-30-21)25(27,28)29/h1-2,5-11,13-14,19H,3-4,12,15H2/t19-/m0/s1.